The summed E-state index contributed by atoms with van der Waals surface area (Å²) in [5, 5.41) is 0. The van der Waals surface area contributed by atoms with Gasteiger partial charge in [0.2, 0.25) is 0 Å². The second kappa shape index (κ2) is 8.49. The van der Waals surface area contributed by atoms with Gasteiger partial charge in [-0.25, -0.2) is 0 Å². The van der Waals surface area contributed by atoms with Gasteiger partial charge in [-0.15, -0.1) is 5.92 Å². The van der Waals surface area contributed by atoms with E-state index >= 15 is 0 Å². The van der Waals surface area contributed by atoms with Crippen LogP contribution >= 0.6 is 0 Å². The van der Waals surface area contributed by atoms with Crippen molar-refractivity contribution in [3.05, 3.63) is 0 Å². The molecule has 0 amide bonds. The van der Waals surface area contributed by atoms with Gasteiger partial charge in [0, 0.05) is 32.6 Å². The summed E-state index contributed by atoms with van der Waals surface area (Å²) < 4.78 is 10.6. The van der Waals surface area contributed by atoms with E-state index in [2.05, 4.69) is 21.6 Å². The van der Waals surface area contributed by atoms with Crippen LogP contribution in [-0.4, -0.2) is 75.5 Å². The van der Waals surface area contributed by atoms with E-state index in [1.165, 1.54) is 6.42 Å². The minimum absolute atomic E-state index is 0.860. The van der Waals surface area contributed by atoms with Gasteiger partial charge in [0.05, 0.1) is 33.0 Å². The smallest absolute Gasteiger partial charge is 0.0603 e. The summed E-state index contributed by atoms with van der Waals surface area (Å²) in [5.74, 6) is 6.55. The minimum atomic E-state index is 0.860. The van der Waals surface area contributed by atoms with Gasteiger partial charge in [0.1, 0.15) is 0 Å². The molecule has 4 heteroatoms. The second-order valence-corrected chi connectivity index (χ2v) is 4.80. The predicted octanol–water partition coefficient (Wildman–Crippen LogP) is 0.434. The van der Waals surface area contributed by atoms with Gasteiger partial charge in [0.15, 0.2) is 0 Å². The van der Waals surface area contributed by atoms with Crippen molar-refractivity contribution >= 4 is 0 Å². The normalized spacial score (nSPS) is 22.4. The molecule has 0 aromatic carbocycles. The number of rotatable bonds is 4. The van der Waals surface area contributed by atoms with E-state index in [4.69, 9.17) is 9.47 Å². The fourth-order valence-corrected chi connectivity index (χ4v) is 2.23. The Balaban J connectivity index is 1.49. The molecule has 0 atom stereocenters. The maximum Gasteiger partial charge on any atom is 0.0603 e. The zero-order valence-corrected chi connectivity index (χ0v) is 11.2. The van der Waals surface area contributed by atoms with Crippen molar-refractivity contribution in [2.75, 3.05) is 65.7 Å². The second-order valence-electron chi connectivity index (χ2n) is 4.80. The largest absolute Gasteiger partial charge is 0.379 e. The molecular weight excluding hydrogens is 228 g/mol. The number of ether oxygens (including phenoxy) is 2. The molecule has 4 nitrogen and oxygen atoms in total. The highest BCUT2D eigenvalue weighted by Crippen LogP contribution is 1.99. The van der Waals surface area contributed by atoms with Crippen LogP contribution in [-0.2, 0) is 9.47 Å². The highest BCUT2D eigenvalue weighted by atomic mass is 16.5. The molecule has 0 aromatic rings. The Hall–Kier alpha value is -0.600. The Labute approximate surface area is 110 Å². The topological polar surface area (TPSA) is 24.9 Å². The first-order valence-electron chi connectivity index (χ1n) is 7.01. The molecule has 0 N–H and O–H groups in total. The molecule has 102 valence electrons. The first-order chi connectivity index (χ1) is 8.95. The van der Waals surface area contributed by atoms with E-state index in [-0.39, 0.29) is 0 Å². The van der Waals surface area contributed by atoms with Crippen LogP contribution in [0, 0.1) is 11.8 Å². The Morgan fingerprint density at radius 1 is 0.778 bits per heavy atom. The monoisotopic (exact) mass is 252 g/mol. The maximum atomic E-state index is 5.33. The summed E-state index contributed by atoms with van der Waals surface area (Å²) in [6.07, 6.45) is 2.19. The SMILES string of the molecule is C(#CCN1CCOCC1)CCCN1CCOCC1. The van der Waals surface area contributed by atoms with Crippen molar-refractivity contribution in [3.63, 3.8) is 0 Å². The average Bonchev–Trinajstić information content (AvgIpc) is 2.45. The molecule has 2 aliphatic heterocycles. The van der Waals surface area contributed by atoms with E-state index in [0.717, 1.165) is 72.1 Å². The predicted molar refractivity (Wildman–Crippen MR) is 71.5 cm³/mol. The number of nitrogens with zero attached hydrogens (tertiary/aromatic N) is 2. The summed E-state index contributed by atoms with van der Waals surface area (Å²) in [7, 11) is 0. The van der Waals surface area contributed by atoms with Gasteiger partial charge in [-0.2, -0.15) is 0 Å². The Bertz CT molecular complexity index is 273. The molecule has 2 aliphatic rings. The first kappa shape index (κ1) is 13.8. The third-order valence-electron chi connectivity index (χ3n) is 3.41. The maximum absolute atomic E-state index is 5.33. The number of hydrogen-bond donors (Lipinski definition) is 0. The Kier molecular flexibility index (Phi) is 6.52. The Morgan fingerprint density at radius 2 is 1.39 bits per heavy atom. The third-order valence-corrected chi connectivity index (χ3v) is 3.41. The lowest BCUT2D eigenvalue weighted by atomic mass is 10.2. The number of morpholine rings is 2. The van der Waals surface area contributed by atoms with Crippen LogP contribution in [0.5, 0.6) is 0 Å². The summed E-state index contributed by atoms with van der Waals surface area (Å²) in [6, 6.07) is 0. The summed E-state index contributed by atoms with van der Waals surface area (Å²) in [5.41, 5.74) is 0. The van der Waals surface area contributed by atoms with E-state index in [0.29, 0.717) is 0 Å². The van der Waals surface area contributed by atoms with Gasteiger partial charge in [-0.05, 0) is 13.0 Å². The molecule has 0 saturated carbocycles. The molecule has 0 aliphatic carbocycles. The molecule has 2 saturated heterocycles. The molecule has 2 rings (SSSR count). The minimum Gasteiger partial charge on any atom is -0.379 e. The fourth-order valence-electron chi connectivity index (χ4n) is 2.23. The molecule has 2 fully saturated rings. The molecule has 0 unspecified atom stereocenters. The van der Waals surface area contributed by atoms with Crippen LogP contribution in [0.25, 0.3) is 0 Å². The molecule has 0 bridgehead atoms. The fraction of sp³-hybridized carbons (Fsp3) is 0.857. The molecular formula is C14H24N2O2. The average molecular weight is 252 g/mol. The molecule has 18 heavy (non-hydrogen) atoms. The Morgan fingerprint density at radius 3 is 2.06 bits per heavy atom. The standard InChI is InChI=1S/C14H24N2O2/c1(3-5-15-7-11-17-12-8-15)2-4-6-16-9-13-18-14-10-16/h1,3,5-14H2. The molecule has 0 spiro atoms. The van der Waals surface area contributed by atoms with Crippen molar-refractivity contribution < 1.29 is 9.47 Å². The van der Waals surface area contributed by atoms with Crippen molar-refractivity contribution in [1.29, 1.82) is 0 Å². The zero-order chi connectivity index (χ0) is 12.5. The van der Waals surface area contributed by atoms with Crippen molar-refractivity contribution in [2.45, 2.75) is 12.8 Å². The molecule has 0 radical (unpaired) electrons. The summed E-state index contributed by atoms with van der Waals surface area (Å²) >= 11 is 0. The van der Waals surface area contributed by atoms with Crippen molar-refractivity contribution in [2.24, 2.45) is 0 Å². The highest BCUT2D eigenvalue weighted by Gasteiger charge is 2.09. The lowest BCUT2D eigenvalue weighted by Crippen LogP contribution is -2.36. The summed E-state index contributed by atoms with van der Waals surface area (Å²) in [6.45, 7) is 9.80. The van der Waals surface area contributed by atoms with Crippen molar-refractivity contribution in [1.82, 2.24) is 9.80 Å². The van der Waals surface area contributed by atoms with E-state index < -0.39 is 0 Å². The molecule has 0 aromatic heterocycles. The lowest BCUT2D eigenvalue weighted by molar-refractivity contribution is 0.0376. The van der Waals surface area contributed by atoms with Crippen LogP contribution < -0.4 is 0 Å². The van der Waals surface area contributed by atoms with Gasteiger partial charge in [-0.3, -0.25) is 9.80 Å². The number of unbranched alkanes of at least 4 members (excludes halogenated alkanes) is 1. The number of hydrogen-bond acceptors (Lipinski definition) is 4. The summed E-state index contributed by atoms with van der Waals surface area (Å²) in [4.78, 5) is 4.83. The van der Waals surface area contributed by atoms with Gasteiger partial charge < -0.3 is 9.47 Å². The van der Waals surface area contributed by atoms with Crippen molar-refractivity contribution in [3.8, 4) is 11.8 Å². The lowest BCUT2D eigenvalue weighted by Gasteiger charge is -2.26. The molecule has 2 heterocycles. The van der Waals surface area contributed by atoms with Gasteiger partial charge in [0.25, 0.3) is 0 Å². The van der Waals surface area contributed by atoms with Crippen LogP contribution in [0.2, 0.25) is 0 Å². The van der Waals surface area contributed by atoms with Crippen LogP contribution in [0.15, 0.2) is 0 Å². The van der Waals surface area contributed by atoms with Gasteiger partial charge in [-0.1, -0.05) is 5.92 Å². The van der Waals surface area contributed by atoms with E-state index in [1.807, 2.05) is 0 Å². The quantitative estimate of drug-likeness (QED) is 0.535. The van der Waals surface area contributed by atoms with E-state index in [9.17, 15) is 0 Å². The van der Waals surface area contributed by atoms with Gasteiger partial charge >= 0.3 is 0 Å². The van der Waals surface area contributed by atoms with E-state index in [1.54, 1.807) is 0 Å². The zero-order valence-electron chi connectivity index (χ0n) is 11.2. The van der Waals surface area contributed by atoms with Crippen LogP contribution in [0.3, 0.4) is 0 Å². The highest BCUT2D eigenvalue weighted by molar-refractivity contribution is 5.01. The van der Waals surface area contributed by atoms with Crippen LogP contribution in [0.1, 0.15) is 12.8 Å². The van der Waals surface area contributed by atoms with Crippen LogP contribution in [0.4, 0.5) is 0 Å². The first-order valence-corrected chi connectivity index (χ1v) is 7.01. The third kappa shape index (κ3) is 5.36.